The van der Waals surface area contributed by atoms with Gasteiger partial charge in [-0.25, -0.2) is 0 Å². The number of ether oxygens (including phenoxy) is 1. The fourth-order valence-electron chi connectivity index (χ4n) is 1.12. The average molecular weight is 164 g/mol. The van der Waals surface area contributed by atoms with Gasteiger partial charge < -0.3 is 25.2 Å². The Labute approximate surface area is 63.8 Å². The van der Waals surface area contributed by atoms with E-state index in [-0.39, 0.29) is 6.42 Å². The second-order valence-corrected chi connectivity index (χ2v) is 2.61. The summed E-state index contributed by atoms with van der Waals surface area (Å²) >= 11 is 0. The van der Waals surface area contributed by atoms with Crippen LogP contribution in [0, 0.1) is 0 Å². The lowest BCUT2D eigenvalue weighted by Crippen LogP contribution is -2.36. The van der Waals surface area contributed by atoms with Gasteiger partial charge in [0.1, 0.15) is 12.2 Å². The normalized spacial score (nSPS) is 40.9. The third-order valence-electron chi connectivity index (χ3n) is 1.70. The number of hydrogen-bond donors (Lipinski definition) is 4. The van der Waals surface area contributed by atoms with E-state index < -0.39 is 31.2 Å². The van der Waals surface area contributed by atoms with Gasteiger partial charge in [0, 0.05) is 6.42 Å². The first-order chi connectivity index (χ1) is 5.15. The molecule has 0 unspecified atom stereocenters. The van der Waals surface area contributed by atoms with Crippen LogP contribution < -0.4 is 0 Å². The Kier molecular flexibility index (Phi) is 2.80. The predicted octanol–water partition coefficient (Wildman–Crippen LogP) is -2.19. The third kappa shape index (κ3) is 1.88. The molecule has 1 aliphatic heterocycles. The van der Waals surface area contributed by atoms with E-state index in [0.717, 1.165) is 0 Å². The Morgan fingerprint density at radius 3 is 2.45 bits per heavy atom. The van der Waals surface area contributed by atoms with Gasteiger partial charge in [-0.1, -0.05) is 0 Å². The predicted molar refractivity (Wildman–Crippen MR) is 34.6 cm³/mol. The summed E-state index contributed by atoms with van der Waals surface area (Å²) in [5.74, 6) is 0. The Balaban J connectivity index is 2.45. The highest BCUT2D eigenvalue weighted by atomic mass is 16.6. The second-order valence-electron chi connectivity index (χ2n) is 2.61. The summed E-state index contributed by atoms with van der Waals surface area (Å²) in [4.78, 5) is 0. The Morgan fingerprint density at radius 2 is 2.09 bits per heavy atom. The van der Waals surface area contributed by atoms with Gasteiger partial charge in [-0.3, -0.25) is 0 Å². The smallest absolute Gasteiger partial charge is 0.157 e. The standard InChI is InChI=1S/C6H12O5/c7-2-4(9)6-3(8)1-5(10)11-6/h3-10H,1-2H2/t3-,4-,5-,6-/m1/s1. The minimum atomic E-state index is -1.12. The lowest BCUT2D eigenvalue weighted by atomic mass is 10.1. The monoisotopic (exact) mass is 164 g/mol. The highest BCUT2D eigenvalue weighted by molar-refractivity contribution is 4.82. The summed E-state index contributed by atoms with van der Waals surface area (Å²) in [5.41, 5.74) is 0. The van der Waals surface area contributed by atoms with Gasteiger partial charge in [0.25, 0.3) is 0 Å². The van der Waals surface area contributed by atoms with Gasteiger partial charge >= 0.3 is 0 Å². The molecule has 1 saturated heterocycles. The Bertz CT molecular complexity index is 124. The molecule has 4 atom stereocenters. The van der Waals surface area contributed by atoms with E-state index in [2.05, 4.69) is 0 Å². The van der Waals surface area contributed by atoms with E-state index in [0.29, 0.717) is 0 Å². The van der Waals surface area contributed by atoms with Crippen LogP contribution >= 0.6 is 0 Å². The molecule has 0 aromatic rings. The van der Waals surface area contributed by atoms with Crippen LogP contribution in [0.4, 0.5) is 0 Å². The van der Waals surface area contributed by atoms with Gasteiger partial charge in [-0.15, -0.1) is 0 Å². The molecule has 4 N–H and O–H groups in total. The molecule has 1 aliphatic rings. The molecule has 0 spiro atoms. The minimum absolute atomic E-state index is 0.0850. The third-order valence-corrected chi connectivity index (χ3v) is 1.70. The lowest BCUT2D eigenvalue weighted by molar-refractivity contribution is -0.136. The van der Waals surface area contributed by atoms with Crippen molar-refractivity contribution in [2.75, 3.05) is 6.61 Å². The van der Waals surface area contributed by atoms with E-state index in [1.807, 2.05) is 0 Å². The van der Waals surface area contributed by atoms with Crippen molar-refractivity contribution in [3.8, 4) is 0 Å². The lowest BCUT2D eigenvalue weighted by Gasteiger charge is -2.17. The molecule has 1 heterocycles. The first-order valence-electron chi connectivity index (χ1n) is 3.45. The van der Waals surface area contributed by atoms with Gasteiger partial charge in [0.15, 0.2) is 6.29 Å². The van der Waals surface area contributed by atoms with Crippen molar-refractivity contribution in [1.82, 2.24) is 0 Å². The number of hydrogen-bond acceptors (Lipinski definition) is 5. The zero-order valence-corrected chi connectivity index (χ0v) is 5.92. The molecule has 11 heavy (non-hydrogen) atoms. The van der Waals surface area contributed by atoms with Crippen molar-refractivity contribution in [2.45, 2.75) is 31.0 Å². The molecule has 5 nitrogen and oxygen atoms in total. The summed E-state index contributed by atoms with van der Waals surface area (Å²) in [6, 6.07) is 0. The average Bonchev–Trinajstić information content (AvgIpc) is 2.28. The van der Waals surface area contributed by atoms with Gasteiger partial charge in [0.2, 0.25) is 0 Å². The Morgan fingerprint density at radius 1 is 1.45 bits per heavy atom. The molecular formula is C6H12O5. The van der Waals surface area contributed by atoms with Crippen molar-refractivity contribution < 1.29 is 25.2 Å². The van der Waals surface area contributed by atoms with E-state index in [9.17, 15) is 0 Å². The molecule has 0 saturated carbocycles. The molecular weight excluding hydrogens is 152 g/mol. The van der Waals surface area contributed by atoms with Gasteiger partial charge in [-0.2, -0.15) is 0 Å². The van der Waals surface area contributed by atoms with E-state index in [1.54, 1.807) is 0 Å². The fourth-order valence-corrected chi connectivity index (χ4v) is 1.12. The van der Waals surface area contributed by atoms with Crippen LogP contribution in [-0.4, -0.2) is 51.6 Å². The number of aliphatic hydroxyl groups excluding tert-OH is 4. The minimum Gasteiger partial charge on any atom is -0.394 e. The quantitative estimate of drug-likeness (QED) is 0.372. The largest absolute Gasteiger partial charge is 0.394 e. The van der Waals surface area contributed by atoms with Crippen LogP contribution in [0.25, 0.3) is 0 Å². The zero-order valence-electron chi connectivity index (χ0n) is 5.92. The van der Waals surface area contributed by atoms with Gasteiger partial charge in [-0.05, 0) is 0 Å². The maximum atomic E-state index is 9.10. The van der Waals surface area contributed by atoms with Crippen molar-refractivity contribution in [3.05, 3.63) is 0 Å². The molecule has 5 heteroatoms. The molecule has 1 fully saturated rings. The van der Waals surface area contributed by atoms with Crippen molar-refractivity contribution in [1.29, 1.82) is 0 Å². The summed E-state index contributed by atoms with van der Waals surface area (Å²) in [6.07, 6.45) is -3.83. The van der Waals surface area contributed by atoms with Crippen LogP contribution in [-0.2, 0) is 4.74 Å². The zero-order chi connectivity index (χ0) is 8.43. The summed E-state index contributed by atoms with van der Waals surface area (Å²) in [6.45, 7) is -0.478. The first-order valence-corrected chi connectivity index (χ1v) is 3.45. The number of aliphatic hydroxyl groups is 4. The van der Waals surface area contributed by atoms with Crippen LogP contribution in [0.2, 0.25) is 0 Å². The maximum Gasteiger partial charge on any atom is 0.157 e. The Hall–Kier alpha value is -0.200. The molecule has 66 valence electrons. The second kappa shape index (κ2) is 3.46. The number of rotatable bonds is 2. The van der Waals surface area contributed by atoms with Crippen LogP contribution in [0.15, 0.2) is 0 Å². The van der Waals surface area contributed by atoms with E-state index in [1.165, 1.54) is 0 Å². The van der Waals surface area contributed by atoms with Crippen molar-refractivity contribution in [3.63, 3.8) is 0 Å². The SMILES string of the molecule is OC[C@@H](O)[C@@H]1O[C@@H](O)C[C@H]1O. The summed E-state index contributed by atoms with van der Waals surface area (Å²) in [5, 5.41) is 35.4. The fraction of sp³-hybridized carbons (Fsp3) is 1.00. The summed E-state index contributed by atoms with van der Waals surface area (Å²) in [7, 11) is 0. The maximum absolute atomic E-state index is 9.10. The van der Waals surface area contributed by atoms with E-state index in [4.69, 9.17) is 25.2 Å². The van der Waals surface area contributed by atoms with Crippen molar-refractivity contribution in [2.24, 2.45) is 0 Å². The highest BCUT2D eigenvalue weighted by Crippen LogP contribution is 2.20. The molecule has 0 aliphatic carbocycles. The molecule has 0 bridgehead atoms. The van der Waals surface area contributed by atoms with Gasteiger partial charge in [0.05, 0.1) is 12.7 Å². The van der Waals surface area contributed by atoms with E-state index >= 15 is 0 Å². The molecule has 0 radical (unpaired) electrons. The summed E-state index contributed by atoms with van der Waals surface area (Å²) < 4.78 is 4.72. The topological polar surface area (TPSA) is 90.2 Å². The van der Waals surface area contributed by atoms with Crippen LogP contribution in [0.3, 0.4) is 0 Å². The first kappa shape index (κ1) is 8.89. The molecule has 0 amide bonds. The van der Waals surface area contributed by atoms with Crippen molar-refractivity contribution >= 4 is 0 Å². The molecule has 0 aromatic heterocycles. The van der Waals surface area contributed by atoms with Crippen LogP contribution in [0.1, 0.15) is 6.42 Å². The molecule has 1 rings (SSSR count). The van der Waals surface area contributed by atoms with Crippen LogP contribution in [0.5, 0.6) is 0 Å². The highest BCUT2D eigenvalue weighted by Gasteiger charge is 2.37. The molecule has 0 aromatic carbocycles.